The second-order valence-electron chi connectivity index (χ2n) is 13.1. The number of carbonyl (C=O) groups excluding carboxylic acids is 1. The number of unbranched alkanes of at least 4 members (excludes halogenated alkanes) is 12. The first-order chi connectivity index (χ1) is 28.4. The number of aliphatic hydroxyl groups excluding tert-OH is 2. The molecule has 27 heteroatoms. The van der Waals surface area contributed by atoms with Crippen molar-refractivity contribution >= 4 is 55.9 Å². The molecule has 0 heterocycles. The van der Waals surface area contributed by atoms with Gasteiger partial charge in [-0.15, -0.1) is 6.42 Å². The van der Waals surface area contributed by atoms with E-state index in [1.54, 1.807) is 0 Å². The first kappa shape index (κ1) is 58.9. The average molecular weight is 981 g/mol. The molecule has 0 aliphatic heterocycles. The van der Waals surface area contributed by atoms with Gasteiger partial charge in [-0.2, -0.15) is 0 Å². The fraction of sp³-hybridized carbons (Fsp3) is 0.706. The van der Waals surface area contributed by atoms with Crippen molar-refractivity contribution in [3.05, 3.63) is 0 Å². The van der Waals surface area contributed by atoms with Crippen LogP contribution in [0.4, 0.5) is 0 Å². The minimum atomic E-state index is -5.77. The van der Waals surface area contributed by atoms with E-state index in [0.29, 0.717) is 12.8 Å². The normalized spacial score (nSPS) is 21.5. The molecule has 1 aliphatic carbocycles. The largest absolute Gasteiger partial charge is 0.481 e. The van der Waals surface area contributed by atoms with Gasteiger partial charge < -0.3 is 54.3 Å². The number of phosphoric acid groups is 4. The summed E-state index contributed by atoms with van der Waals surface area (Å²) < 4.78 is 74.6. The molecule has 0 saturated heterocycles. The van der Waals surface area contributed by atoms with Crippen LogP contribution >= 0.6 is 43.9 Å². The van der Waals surface area contributed by atoms with Gasteiger partial charge in [0, 0.05) is 13.6 Å². The summed E-state index contributed by atoms with van der Waals surface area (Å²) in [4.78, 5) is 89.5. The first-order valence-electron chi connectivity index (χ1n) is 18.6. The summed E-state index contributed by atoms with van der Waals surface area (Å²) in [6, 6.07) is 0. The fourth-order valence-corrected chi connectivity index (χ4v) is 8.21. The number of hydrogen-bond donors (Lipinski definition) is 11. The van der Waals surface area contributed by atoms with Crippen LogP contribution in [0.15, 0.2) is 0 Å². The van der Waals surface area contributed by atoms with Crippen LogP contribution in [0, 0.1) is 47.2 Å². The number of carbonyl (C=O) groups is 2. The molecule has 1 saturated carbocycles. The monoisotopic (exact) mass is 980 g/mol. The van der Waals surface area contributed by atoms with Gasteiger partial charge in [0.05, 0.1) is 13.0 Å². The Balaban J connectivity index is -0.000000578. The van der Waals surface area contributed by atoms with Crippen LogP contribution in [0.3, 0.4) is 0 Å². The van der Waals surface area contributed by atoms with Crippen LogP contribution in [0.25, 0.3) is 0 Å². The zero-order chi connectivity index (χ0) is 46.7. The van der Waals surface area contributed by atoms with E-state index in [1.165, 1.54) is 44.9 Å². The van der Waals surface area contributed by atoms with Crippen molar-refractivity contribution in [2.24, 2.45) is 0 Å². The van der Waals surface area contributed by atoms with Gasteiger partial charge in [0.2, 0.25) is 0 Å². The van der Waals surface area contributed by atoms with Gasteiger partial charge in [0.25, 0.3) is 0 Å². The molecule has 22 nitrogen and oxygen atoms in total. The Labute approximate surface area is 367 Å². The van der Waals surface area contributed by atoms with Crippen LogP contribution in [0.5, 0.6) is 0 Å². The third-order valence-electron chi connectivity index (χ3n) is 8.01. The van der Waals surface area contributed by atoms with Crippen molar-refractivity contribution in [2.45, 2.75) is 146 Å². The maximum Gasteiger partial charge on any atom is 0.472 e. The Morgan fingerprint density at radius 2 is 1.05 bits per heavy atom. The molecule has 0 amide bonds. The summed E-state index contributed by atoms with van der Waals surface area (Å²) in [6.45, 7) is 1.05. The van der Waals surface area contributed by atoms with E-state index in [1.807, 2.05) is 0 Å². The molecule has 0 aromatic rings. The Hall–Kier alpha value is -2.11. The lowest BCUT2D eigenvalue weighted by molar-refractivity contribution is -0.209. The van der Waals surface area contributed by atoms with E-state index in [9.17, 15) is 77.4 Å². The van der Waals surface area contributed by atoms with Crippen molar-refractivity contribution < 1.29 is 112 Å². The Kier molecular flexibility index (Phi) is 29.8. The topological polar surface area (TPSA) is 360 Å². The van der Waals surface area contributed by atoms with Gasteiger partial charge in [-0.25, -0.2) is 18.3 Å². The van der Waals surface area contributed by atoms with E-state index < -0.39 is 99.0 Å². The smallest absolute Gasteiger partial charge is 0.472 e. The fourth-order valence-electron chi connectivity index (χ4n) is 5.50. The number of carboxylic acids is 1. The highest BCUT2D eigenvalue weighted by Gasteiger charge is 2.59. The number of thiol groups is 1. The van der Waals surface area contributed by atoms with E-state index in [0.717, 1.165) is 25.7 Å². The van der Waals surface area contributed by atoms with Gasteiger partial charge in [-0.3, -0.25) is 32.2 Å². The van der Waals surface area contributed by atoms with E-state index in [2.05, 4.69) is 82.9 Å². The number of hydrogen-bond acceptors (Lipinski definition) is 15. The third-order valence-corrected chi connectivity index (χ3v) is 10.7. The second kappa shape index (κ2) is 30.9. The summed E-state index contributed by atoms with van der Waals surface area (Å²) in [7, 11) is -23.0. The molecule has 61 heavy (non-hydrogen) atoms. The number of aliphatic hydroxyl groups is 2. The second-order valence-corrected chi connectivity index (χ2v) is 18.3. The number of aliphatic carboxylic acids is 1. The van der Waals surface area contributed by atoms with Crippen LogP contribution in [0.2, 0.25) is 0 Å². The van der Waals surface area contributed by atoms with E-state index >= 15 is 0 Å². The van der Waals surface area contributed by atoms with Gasteiger partial charge in [-0.1, -0.05) is 96.6 Å². The quantitative estimate of drug-likeness (QED) is 0.0171. The standard InChI is InChI=1S/C26H52O22P4.C8H2S.5H2/c1-2-3-4-5-6-7-8-9-10-11-12-13-14-15-20(29)44-18(16-19(27)28)17-43-52(41,42)48-23-21(30)24(45-49(32,33)34)26(47-51(38,39)40)25(22(23)31)46-50(35,36)37;1-2-3-4-5-6-7-8-9;;;;;/h18,21-26,30-31H,2-17H2,1H3,(H,27,28)(H,41,42)(H2,32,33,34)(H2,35,36,37)(H2,38,39,40);1,9H;5*1H/t18-,21-,22?,23?,24?,25+,26?;;;;;;/m1....../s1. The van der Waals surface area contributed by atoms with Crippen LogP contribution in [-0.2, 0) is 55.2 Å². The average Bonchev–Trinajstić information content (AvgIpc) is 3.13. The van der Waals surface area contributed by atoms with E-state index in [4.69, 9.17) is 11.2 Å². The van der Waals surface area contributed by atoms with Crippen molar-refractivity contribution in [3.8, 4) is 47.2 Å². The summed E-state index contributed by atoms with van der Waals surface area (Å²) in [6.07, 6.45) is -0.685. The number of rotatable bonds is 28. The maximum atomic E-state index is 12.8. The lowest BCUT2D eigenvalue weighted by atomic mass is 9.85. The predicted octanol–water partition coefficient (Wildman–Crippen LogP) is 4.27. The Morgan fingerprint density at radius 1 is 0.639 bits per heavy atom. The molecule has 0 aromatic carbocycles. The maximum absolute atomic E-state index is 12.8. The highest BCUT2D eigenvalue weighted by molar-refractivity contribution is 7.85. The number of ether oxygens (including phenoxy) is 1. The Morgan fingerprint density at radius 3 is 1.46 bits per heavy atom. The van der Waals surface area contributed by atoms with E-state index in [-0.39, 0.29) is 13.6 Å². The van der Waals surface area contributed by atoms with Gasteiger partial charge >= 0.3 is 43.2 Å². The van der Waals surface area contributed by atoms with Crippen molar-refractivity contribution in [1.29, 1.82) is 0 Å². The number of phosphoric ester groups is 4. The van der Waals surface area contributed by atoms with Crippen molar-refractivity contribution in [3.63, 3.8) is 0 Å². The number of carboxylic acid groups (broad SMARTS) is 1. The van der Waals surface area contributed by atoms with Crippen LogP contribution in [-0.4, -0.2) is 111 Å². The van der Waals surface area contributed by atoms with Crippen LogP contribution in [0.1, 0.15) is 110 Å². The van der Waals surface area contributed by atoms with Crippen LogP contribution < -0.4 is 0 Å². The first-order valence-corrected chi connectivity index (χ1v) is 25.1. The summed E-state index contributed by atoms with van der Waals surface area (Å²) >= 11 is 3.59. The lowest BCUT2D eigenvalue weighted by Gasteiger charge is -2.45. The van der Waals surface area contributed by atoms with Gasteiger partial charge in [0.15, 0.2) is 0 Å². The molecular weight excluding hydrogens is 916 g/mol. The molecule has 1 fully saturated rings. The minimum absolute atomic E-state index is 0. The molecule has 0 radical (unpaired) electrons. The van der Waals surface area contributed by atoms with Gasteiger partial charge in [0.1, 0.15) is 42.7 Å². The van der Waals surface area contributed by atoms with Gasteiger partial charge in [-0.05, 0) is 47.2 Å². The molecule has 0 spiro atoms. The molecule has 5 unspecified atom stereocenters. The summed E-state index contributed by atoms with van der Waals surface area (Å²) in [5, 5.41) is 32.8. The zero-order valence-corrected chi connectivity index (χ0v) is 37.5. The molecule has 0 bridgehead atoms. The highest BCUT2D eigenvalue weighted by atomic mass is 32.1. The molecular formula is C34H64O22P4S. The number of terminal acetylenes is 1. The predicted molar refractivity (Wildman–Crippen MR) is 228 cm³/mol. The zero-order valence-electron chi connectivity index (χ0n) is 33.0. The van der Waals surface area contributed by atoms with Crippen molar-refractivity contribution in [1.82, 2.24) is 0 Å². The molecule has 10 N–H and O–H groups in total. The summed E-state index contributed by atoms with van der Waals surface area (Å²) in [5.41, 5.74) is 0. The molecule has 1 rings (SSSR count). The number of esters is 1. The van der Waals surface area contributed by atoms with Crippen molar-refractivity contribution in [2.75, 3.05) is 6.61 Å². The molecule has 1 aliphatic rings. The molecule has 8 atom stereocenters. The highest BCUT2D eigenvalue weighted by Crippen LogP contribution is 2.53. The lowest BCUT2D eigenvalue weighted by Crippen LogP contribution is -2.65. The summed E-state index contributed by atoms with van der Waals surface area (Å²) in [5.74, 6) is 11.7. The SMILES string of the molecule is C#CC#CC#CC#CS.CCCCCCCCCCCCCCCC(=O)O[C@@H](COP(=O)(O)OC1C(O)[C@H](OP(=O)(O)O)C(OP(=O)(O)O)C(OP(=O)(O)O)[C@@H]1O)CC(=O)O.[HH].[HH].[HH].[HH].[HH]. The molecule has 0 aromatic heterocycles. The third kappa shape index (κ3) is 30.6. The minimum Gasteiger partial charge on any atom is -0.481 e. The molecule has 358 valence electrons. The Bertz CT molecular complexity index is 1760.